The van der Waals surface area contributed by atoms with E-state index in [9.17, 15) is 18.0 Å². The lowest BCUT2D eigenvalue weighted by atomic mass is 9.87. The molecule has 1 aromatic rings. The molecule has 2 heterocycles. The summed E-state index contributed by atoms with van der Waals surface area (Å²) in [6.07, 6.45) is -2.63. The number of carbonyl (C=O) groups is 1. The Hall–Kier alpha value is -1.56. The lowest BCUT2D eigenvalue weighted by molar-refractivity contribution is -0.138. The number of rotatable bonds is 1. The number of carbonyl (C=O) groups excluding carboxylic acids is 1. The third kappa shape index (κ3) is 2.52. The van der Waals surface area contributed by atoms with Crippen LogP contribution in [0.1, 0.15) is 45.8 Å². The van der Waals surface area contributed by atoms with Crippen molar-refractivity contribution >= 4 is 5.91 Å². The van der Waals surface area contributed by atoms with E-state index >= 15 is 0 Å². The average molecular weight is 298 g/mol. The van der Waals surface area contributed by atoms with Crippen LogP contribution in [0.2, 0.25) is 0 Å². The Morgan fingerprint density at radius 1 is 1.33 bits per heavy atom. The molecular formula is C15H17F3N2O. The molecular weight excluding hydrogens is 281 g/mol. The molecule has 0 bridgehead atoms. The van der Waals surface area contributed by atoms with Crippen LogP contribution < -0.4 is 5.32 Å². The Morgan fingerprint density at radius 3 is 2.71 bits per heavy atom. The maximum absolute atomic E-state index is 13.3. The molecule has 3 nitrogen and oxygen atoms in total. The van der Waals surface area contributed by atoms with Gasteiger partial charge < -0.3 is 10.2 Å². The summed E-state index contributed by atoms with van der Waals surface area (Å²) < 4.78 is 39.9. The monoisotopic (exact) mass is 298 g/mol. The largest absolute Gasteiger partial charge is 0.416 e. The second-order valence-corrected chi connectivity index (χ2v) is 5.80. The molecule has 6 heteroatoms. The molecule has 21 heavy (non-hydrogen) atoms. The van der Waals surface area contributed by atoms with Crippen molar-refractivity contribution < 1.29 is 18.0 Å². The van der Waals surface area contributed by atoms with Gasteiger partial charge >= 0.3 is 6.18 Å². The zero-order chi connectivity index (χ0) is 15.2. The van der Waals surface area contributed by atoms with Gasteiger partial charge in [0.05, 0.1) is 5.56 Å². The fraction of sp³-hybridized carbons (Fsp3) is 0.533. The first-order valence-electron chi connectivity index (χ1n) is 7.08. The van der Waals surface area contributed by atoms with Crippen molar-refractivity contribution in [2.24, 2.45) is 0 Å². The number of nitrogens with one attached hydrogen (secondary N) is 1. The van der Waals surface area contributed by atoms with Crippen LogP contribution in [-0.4, -0.2) is 30.9 Å². The number of benzene rings is 1. The summed E-state index contributed by atoms with van der Waals surface area (Å²) in [5.41, 5.74) is 0.297. The van der Waals surface area contributed by atoms with Gasteiger partial charge in [-0.2, -0.15) is 13.2 Å². The number of piperidine rings is 1. The molecule has 1 aromatic carbocycles. The van der Waals surface area contributed by atoms with Crippen molar-refractivity contribution in [1.29, 1.82) is 0 Å². The highest BCUT2D eigenvalue weighted by atomic mass is 19.4. The van der Waals surface area contributed by atoms with Gasteiger partial charge in [0.1, 0.15) is 0 Å². The van der Waals surface area contributed by atoms with Gasteiger partial charge in [0, 0.05) is 25.7 Å². The average Bonchev–Trinajstić information content (AvgIpc) is 2.73. The van der Waals surface area contributed by atoms with E-state index in [0.717, 1.165) is 19.4 Å². The van der Waals surface area contributed by atoms with Crippen LogP contribution in [-0.2, 0) is 12.7 Å². The van der Waals surface area contributed by atoms with Crippen molar-refractivity contribution in [3.05, 3.63) is 34.4 Å². The van der Waals surface area contributed by atoms with Crippen LogP contribution in [0.5, 0.6) is 0 Å². The fourth-order valence-electron chi connectivity index (χ4n) is 3.20. The molecule has 0 spiro atoms. The number of hydrogen-bond donors (Lipinski definition) is 1. The Morgan fingerprint density at radius 2 is 2.10 bits per heavy atom. The van der Waals surface area contributed by atoms with E-state index in [0.29, 0.717) is 12.1 Å². The Balaban J connectivity index is 2.10. The number of fused-ring (bicyclic) bond motifs is 1. The van der Waals surface area contributed by atoms with Crippen LogP contribution in [0.15, 0.2) is 12.1 Å². The fourth-order valence-corrected chi connectivity index (χ4v) is 3.20. The topological polar surface area (TPSA) is 32.3 Å². The predicted octanol–water partition coefficient (Wildman–Crippen LogP) is 2.76. The molecule has 1 amide bonds. The van der Waals surface area contributed by atoms with Crippen LogP contribution in [0, 0.1) is 0 Å². The Bertz CT molecular complexity index is 577. The molecule has 1 saturated heterocycles. The van der Waals surface area contributed by atoms with Crippen molar-refractivity contribution in [3.63, 3.8) is 0 Å². The smallest absolute Gasteiger partial charge is 0.337 e. The minimum absolute atomic E-state index is 0.0339. The standard InChI is InChI=1S/C15H17F3N2O/c1-20-8-12-11(14(20)21)5-10(6-13(12)15(16,17)18)9-3-2-4-19-7-9/h5-6,9,19H,2-4,7-8H2,1H3. The number of alkyl halides is 3. The van der Waals surface area contributed by atoms with Gasteiger partial charge in [-0.1, -0.05) is 0 Å². The van der Waals surface area contributed by atoms with Gasteiger partial charge in [0.15, 0.2) is 0 Å². The van der Waals surface area contributed by atoms with Crippen molar-refractivity contribution in [3.8, 4) is 0 Å². The molecule has 114 valence electrons. The maximum atomic E-state index is 13.3. The number of hydrogen-bond acceptors (Lipinski definition) is 2. The molecule has 0 saturated carbocycles. The van der Waals surface area contributed by atoms with E-state index in [1.54, 1.807) is 6.07 Å². The molecule has 3 rings (SSSR count). The summed E-state index contributed by atoms with van der Waals surface area (Å²) in [5.74, 6) is -0.273. The molecule has 1 N–H and O–H groups in total. The first kappa shape index (κ1) is 14.4. The minimum Gasteiger partial charge on any atom is -0.337 e. The summed E-state index contributed by atoms with van der Waals surface area (Å²) in [6.45, 7) is 1.60. The molecule has 1 unspecified atom stereocenters. The number of amides is 1. The predicted molar refractivity (Wildman–Crippen MR) is 72.1 cm³/mol. The van der Waals surface area contributed by atoms with Crippen LogP contribution >= 0.6 is 0 Å². The van der Waals surface area contributed by atoms with E-state index in [1.165, 1.54) is 18.0 Å². The Labute approximate surface area is 121 Å². The molecule has 2 aliphatic heterocycles. The van der Waals surface area contributed by atoms with Gasteiger partial charge in [-0.3, -0.25) is 4.79 Å². The third-order valence-corrected chi connectivity index (χ3v) is 4.32. The SMILES string of the molecule is CN1Cc2c(cc(C3CCCNC3)cc2C(F)(F)F)C1=O. The van der Waals surface area contributed by atoms with Crippen molar-refractivity contribution in [1.82, 2.24) is 10.2 Å². The van der Waals surface area contributed by atoms with E-state index in [-0.39, 0.29) is 29.5 Å². The Kier molecular flexibility index (Phi) is 3.43. The zero-order valence-electron chi connectivity index (χ0n) is 11.8. The molecule has 0 radical (unpaired) electrons. The van der Waals surface area contributed by atoms with Crippen LogP contribution in [0.4, 0.5) is 13.2 Å². The quantitative estimate of drug-likeness (QED) is 0.864. The minimum atomic E-state index is -4.42. The molecule has 0 aromatic heterocycles. The lowest BCUT2D eigenvalue weighted by Crippen LogP contribution is -2.28. The van der Waals surface area contributed by atoms with Crippen LogP contribution in [0.25, 0.3) is 0 Å². The van der Waals surface area contributed by atoms with Gasteiger partial charge in [-0.15, -0.1) is 0 Å². The van der Waals surface area contributed by atoms with Gasteiger partial charge in [-0.25, -0.2) is 0 Å². The lowest BCUT2D eigenvalue weighted by Gasteiger charge is -2.24. The van der Waals surface area contributed by atoms with Gasteiger partial charge in [-0.05, 0) is 48.6 Å². The third-order valence-electron chi connectivity index (χ3n) is 4.32. The molecule has 0 aliphatic carbocycles. The van der Waals surface area contributed by atoms with E-state index in [2.05, 4.69) is 5.32 Å². The van der Waals surface area contributed by atoms with Crippen LogP contribution in [0.3, 0.4) is 0 Å². The summed E-state index contributed by atoms with van der Waals surface area (Å²) in [5, 5.41) is 3.20. The normalized spacial score (nSPS) is 22.6. The highest BCUT2D eigenvalue weighted by Crippen LogP contribution is 2.39. The first-order valence-corrected chi connectivity index (χ1v) is 7.08. The second kappa shape index (κ2) is 5.02. The molecule has 1 atom stereocenters. The van der Waals surface area contributed by atoms with E-state index in [1.807, 2.05) is 0 Å². The summed E-state index contributed by atoms with van der Waals surface area (Å²) >= 11 is 0. The van der Waals surface area contributed by atoms with Gasteiger partial charge in [0.2, 0.25) is 0 Å². The summed E-state index contributed by atoms with van der Waals surface area (Å²) in [7, 11) is 1.53. The second-order valence-electron chi connectivity index (χ2n) is 5.80. The summed E-state index contributed by atoms with van der Waals surface area (Å²) in [4.78, 5) is 13.4. The summed E-state index contributed by atoms with van der Waals surface area (Å²) in [6, 6.07) is 2.90. The number of halogens is 3. The van der Waals surface area contributed by atoms with E-state index < -0.39 is 11.7 Å². The maximum Gasteiger partial charge on any atom is 0.416 e. The van der Waals surface area contributed by atoms with Crippen molar-refractivity contribution in [2.75, 3.05) is 20.1 Å². The van der Waals surface area contributed by atoms with Gasteiger partial charge in [0.25, 0.3) is 5.91 Å². The van der Waals surface area contributed by atoms with E-state index in [4.69, 9.17) is 0 Å². The highest BCUT2D eigenvalue weighted by molar-refractivity contribution is 5.98. The van der Waals surface area contributed by atoms with Crippen molar-refractivity contribution in [2.45, 2.75) is 31.5 Å². The molecule has 1 fully saturated rings. The number of nitrogens with zero attached hydrogens (tertiary/aromatic N) is 1. The molecule has 2 aliphatic rings. The highest BCUT2D eigenvalue weighted by Gasteiger charge is 2.39. The first-order chi connectivity index (χ1) is 9.88. The zero-order valence-corrected chi connectivity index (χ0v) is 11.8.